The van der Waals surface area contributed by atoms with E-state index in [4.69, 9.17) is 58.0 Å². The fraction of sp³-hybridized carbons (Fsp3) is 0.500. The van der Waals surface area contributed by atoms with Crippen LogP contribution in [0, 0.1) is 13.8 Å². The lowest BCUT2D eigenvalue weighted by Gasteiger charge is -2.30. The minimum Gasteiger partial charge on any atom is -0.384 e. The highest BCUT2D eigenvalue weighted by Gasteiger charge is 2.38. The van der Waals surface area contributed by atoms with Gasteiger partial charge in [-0.1, -0.05) is 58.5 Å². The molecule has 1 aromatic carbocycles. The fourth-order valence-corrected chi connectivity index (χ4v) is 2.79. The Morgan fingerprint density at radius 2 is 1.56 bits per heavy atom. The molecule has 102 valence electrons. The van der Waals surface area contributed by atoms with Gasteiger partial charge in [0.25, 0.3) is 0 Å². The molecular weight excluding hydrogens is 337 g/mol. The molecule has 0 aromatic heterocycles. The van der Waals surface area contributed by atoms with Crippen LogP contribution in [0.15, 0.2) is 12.1 Å². The highest BCUT2D eigenvalue weighted by Crippen LogP contribution is 2.41. The third-order valence-electron chi connectivity index (χ3n) is 2.69. The van der Waals surface area contributed by atoms with Gasteiger partial charge in [0.1, 0.15) is 5.60 Å². The second-order valence-corrected chi connectivity index (χ2v) is 7.54. The Kier molecular flexibility index (Phi) is 5.51. The van der Waals surface area contributed by atoms with Crippen LogP contribution in [0.25, 0.3) is 0 Å². The molecule has 0 aliphatic heterocycles. The highest BCUT2D eigenvalue weighted by molar-refractivity contribution is 6.67. The largest absolute Gasteiger partial charge is 0.384 e. The van der Waals surface area contributed by atoms with Crippen molar-refractivity contribution < 1.29 is 5.11 Å². The smallest absolute Gasteiger partial charge is 0.193 e. The molecule has 1 unspecified atom stereocenters. The minimum atomic E-state index is -1.58. The first-order valence-electron chi connectivity index (χ1n) is 5.21. The third kappa shape index (κ3) is 4.06. The molecule has 1 nitrogen and oxygen atoms in total. The number of aryl methyl sites for hydroxylation is 2. The molecule has 0 fully saturated rings. The van der Waals surface area contributed by atoms with E-state index in [-0.39, 0.29) is 12.3 Å². The first-order valence-corrected chi connectivity index (χ1v) is 7.26. The maximum Gasteiger partial charge on any atom is 0.193 e. The average Bonchev–Trinajstić information content (AvgIpc) is 2.22. The lowest BCUT2D eigenvalue weighted by molar-refractivity contribution is 0.0527. The predicted octanol–water partition coefficient (Wildman–Crippen LogP) is 5.14. The maximum atomic E-state index is 10.5. The molecule has 0 bridgehead atoms. The Labute approximate surface area is 132 Å². The Bertz CT molecular complexity index is 418. The van der Waals surface area contributed by atoms with Crippen LogP contribution in [0.5, 0.6) is 0 Å². The van der Waals surface area contributed by atoms with Gasteiger partial charge in [-0.15, -0.1) is 11.6 Å². The van der Waals surface area contributed by atoms with Crippen LogP contribution in [0.1, 0.15) is 23.1 Å². The van der Waals surface area contributed by atoms with Gasteiger partial charge in [-0.2, -0.15) is 0 Å². The zero-order chi connectivity index (χ0) is 14.1. The van der Waals surface area contributed by atoms with Gasteiger partial charge in [-0.25, -0.2) is 0 Å². The van der Waals surface area contributed by atoms with Crippen LogP contribution in [0.3, 0.4) is 0 Å². The van der Waals surface area contributed by atoms with Gasteiger partial charge in [0.2, 0.25) is 0 Å². The molecule has 1 atom stereocenters. The zero-order valence-corrected chi connectivity index (χ0v) is 13.7. The van der Waals surface area contributed by atoms with Gasteiger partial charge in [0.05, 0.1) is 5.88 Å². The maximum absolute atomic E-state index is 10.5. The number of aliphatic hydroxyl groups is 1. The summed E-state index contributed by atoms with van der Waals surface area (Å²) in [5, 5.41) is 11.2. The van der Waals surface area contributed by atoms with E-state index in [1.165, 1.54) is 0 Å². The van der Waals surface area contributed by atoms with E-state index in [0.717, 1.165) is 11.1 Å². The molecule has 1 N–H and O–H groups in total. The van der Waals surface area contributed by atoms with E-state index in [2.05, 4.69) is 0 Å². The summed E-state index contributed by atoms with van der Waals surface area (Å²) in [4.78, 5) is 0. The summed E-state index contributed by atoms with van der Waals surface area (Å²) in [6, 6.07) is 3.52. The Morgan fingerprint density at radius 1 is 1.11 bits per heavy atom. The number of halogens is 5. The number of rotatable bonds is 3. The minimum absolute atomic E-state index is 0.0680. The molecule has 6 heteroatoms. The molecule has 0 amide bonds. The summed E-state index contributed by atoms with van der Waals surface area (Å²) in [5.41, 5.74) is 0.898. The van der Waals surface area contributed by atoms with Gasteiger partial charge < -0.3 is 5.11 Å². The molecular formula is C12H13Cl5O. The summed E-state index contributed by atoms with van der Waals surface area (Å²) < 4.78 is -1.58. The number of alkyl halides is 4. The van der Waals surface area contributed by atoms with Crippen molar-refractivity contribution >= 4 is 58.0 Å². The molecule has 0 saturated heterocycles. The molecule has 0 aliphatic rings. The van der Waals surface area contributed by atoms with Crippen LogP contribution < -0.4 is 0 Å². The molecule has 1 aromatic rings. The Morgan fingerprint density at radius 3 is 1.89 bits per heavy atom. The van der Waals surface area contributed by atoms with E-state index >= 15 is 0 Å². The number of hydrogen-bond acceptors (Lipinski definition) is 1. The Balaban J connectivity index is 3.24. The van der Waals surface area contributed by atoms with Crippen molar-refractivity contribution in [3.63, 3.8) is 0 Å². The summed E-state index contributed by atoms with van der Waals surface area (Å²) >= 11 is 29.1. The van der Waals surface area contributed by atoms with Crippen molar-refractivity contribution in [1.82, 2.24) is 0 Å². The van der Waals surface area contributed by atoms with Gasteiger partial charge >= 0.3 is 0 Å². The fourth-order valence-electron chi connectivity index (χ4n) is 1.77. The van der Waals surface area contributed by atoms with Crippen molar-refractivity contribution in [2.24, 2.45) is 0 Å². The second-order valence-electron chi connectivity index (χ2n) is 4.38. The van der Waals surface area contributed by atoms with E-state index in [9.17, 15) is 5.11 Å². The van der Waals surface area contributed by atoms with Crippen LogP contribution in [-0.4, -0.2) is 14.8 Å². The monoisotopic (exact) mass is 348 g/mol. The summed E-state index contributed by atoms with van der Waals surface area (Å²) in [7, 11) is 0. The average molecular weight is 351 g/mol. The summed E-state index contributed by atoms with van der Waals surface area (Å²) in [6.07, 6.45) is -0.0886. The van der Waals surface area contributed by atoms with Crippen molar-refractivity contribution in [3.8, 4) is 0 Å². The summed E-state index contributed by atoms with van der Waals surface area (Å²) in [5.74, 6) is -0.0680. The quantitative estimate of drug-likeness (QED) is 0.748. The van der Waals surface area contributed by atoms with Gasteiger partial charge in [0, 0.05) is 11.4 Å². The van der Waals surface area contributed by atoms with Crippen LogP contribution in [0.4, 0.5) is 0 Å². The zero-order valence-electron chi connectivity index (χ0n) is 9.91. The van der Waals surface area contributed by atoms with E-state index < -0.39 is 9.39 Å². The molecule has 18 heavy (non-hydrogen) atoms. The molecule has 1 rings (SSSR count). The lowest BCUT2D eigenvalue weighted by Crippen LogP contribution is -2.33. The normalized spacial score (nSPS) is 15.6. The number of benzene rings is 1. The van der Waals surface area contributed by atoms with Crippen molar-refractivity contribution in [3.05, 3.63) is 33.8 Å². The van der Waals surface area contributed by atoms with Crippen molar-refractivity contribution in [1.29, 1.82) is 0 Å². The molecule has 0 radical (unpaired) electrons. The first kappa shape index (κ1) is 16.7. The third-order valence-corrected chi connectivity index (χ3v) is 4.13. The molecule has 0 spiro atoms. The van der Waals surface area contributed by atoms with Gasteiger partial charge in [-0.05, 0) is 30.5 Å². The standard InChI is InChI=1S/C12H13Cl5O/c1-7-3-9(4-8(2)10(7)14)11(18,6-13)5-12(15,16)17/h3-4,18H,5-6H2,1-2H3. The highest BCUT2D eigenvalue weighted by atomic mass is 35.6. The van der Waals surface area contributed by atoms with Crippen LogP contribution in [0.2, 0.25) is 5.02 Å². The second kappa shape index (κ2) is 5.95. The van der Waals surface area contributed by atoms with E-state index in [0.29, 0.717) is 10.6 Å². The van der Waals surface area contributed by atoms with Gasteiger partial charge in [-0.3, -0.25) is 0 Å². The lowest BCUT2D eigenvalue weighted by atomic mass is 9.90. The van der Waals surface area contributed by atoms with Crippen molar-refractivity contribution in [2.75, 3.05) is 5.88 Å². The van der Waals surface area contributed by atoms with E-state index in [1.807, 2.05) is 13.8 Å². The predicted molar refractivity (Wildman–Crippen MR) is 80.4 cm³/mol. The van der Waals surface area contributed by atoms with Crippen LogP contribution >= 0.6 is 58.0 Å². The first-order chi connectivity index (χ1) is 8.09. The van der Waals surface area contributed by atoms with Crippen LogP contribution in [-0.2, 0) is 5.60 Å². The van der Waals surface area contributed by atoms with Crippen molar-refractivity contribution in [2.45, 2.75) is 29.7 Å². The topological polar surface area (TPSA) is 20.2 Å². The molecule has 0 saturated carbocycles. The molecule has 0 heterocycles. The van der Waals surface area contributed by atoms with E-state index in [1.54, 1.807) is 12.1 Å². The number of hydrogen-bond donors (Lipinski definition) is 1. The Hall–Kier alpha value is 0.630. The summed E-state index contributed by atoms with van der Waals surface area (Å²) in [6.45, 7) is 3.70. The molecule has 0 aliphatic carbocycles. The van der Waals surface area contributed by atoms with Gasteiger partial charge in [0.15, 0.2) is 3.79 Å². The SMILES string of the molecule is Cc1cc(C(O)(CCl)CC(Cl)(Cl)Cl)cc(C)c1Cl.